The van der Waals surface area contributed by atoms with E-state index in [1.165, 1.54) is 18.9 Å². The van der Waals surface area contributed by atoms with Crippen molar-refractivity contribution in [3.05, 3.63) is 35.6 Å². The van der Waals surface area contributed by atoms with E-state index in [1.807, 2.05) is 11.0 Å². The lowest BCUT2D eigenvalue weighted by Crippen LogP contribution is -2.39. The highest BCUT2D eigenvalue weighted by Gasteiger charge is 2.35. The van der Waals surface area contributed by atoms with Gasteiger partial charge in [-0.25, -0.2) is 4.39 Å². The molecule has 3 rings (SSSR count). The molecule has 20 heavy (non-hydrogen) atoms. The van der Waals surface area contributed by atoms with Gasteiger partial charge in [0.15, 0.2) is 0 Å². The maximum absolute atomic E-state index is 13.4. The topological polar surface area (TPSA) is 32.3 Å². The molecule has 2 unspecified atom stereocenters. The van der Waals surface area contributed by atoms with Crippen LogP contribution >= 0.6 is 0 Å². The van der Waals surface area contributed by atoms with Crippen molar-refractivity contribution in [2.75, 3.05) is 13.1 Å². The van der Waals surface area contributed by atoms with Gasteiger partial charge in [-0.1, -0.05) is 19.1 Å². The van der Waals surface area contributed by atoms with Gasteiger partial charge in [-0.2, -0.15) is 0 Å². The lowest BCUT2D eigenvalue weighted by Gasteiger charge is -2.27. The fraction of sp³-hybridized carbons (Fsp3) is 0.562. The average molecular weight is 276 g/mol. The standard InChI is InChI=1S/C16H21FN2O/c1-11-7-8-19(15(20)10-18-14-5-6-14)16(11)12-3-2-4-13(17)9-12/h2-4,9,11,14,16,18H,5-8,10H2,1H3. The predicted octanol–water partition coefficient (Wildman–Crippen LogP) is 2.49. The number of likely N-dealkylation sites (tertiary alicyclic amines) is 1. The minimum absolute atomic E-state index is 0.0132. The Hall–Kier alpha value is -1.42. The van der Waals surface area contributed by atoms with Gasteiger partial charge in [-0.3, -0.25) is 4.79 Å². The molecule has 2 atom stereocenters. The van der Waals surface area contributed by atoms with Gasteiger partial charge < -0.3 is 10.2 Å². The van der Waals surface area contributed by atoms with Crippen molar-refractivity contribution in [1.29, 1.82) is 0 Å². The number of nitrogens with zero attached hydrogens (tertiary/aromatic N) is 1. The van der Waals surface area contributed by atoms with Crippen LogP contribution in [0.25, 0.3) is 0 Å². The largest absolute Gasteiger partial charge is 0.334 e. The molecule has 1 aromatic carbocycles. The highest BCUT2D eigenvalue weighted by molar-refractivity contribution is 5.79. The van der Waals surface area contributed by atoms with Crippen LogP contribution in [-0.2, 0) is 4.79 Å². The summed E-state index contributed by atoms with van der Waals surface area (Å²) in [7, 11) is 0. The molecule has 0 radical (unpaired) electrons. The molecule has 0 spiro atoms. The SMILES string of the molecule is CC1CCN(C(=O)CNC2CC2)C1c1cccc(F)c1. The highest BCUT2D eigenvalue weighted by Crippen LogP contribution is 2.37. The van der Waals surface area contributed by atoms with Gasteiger partial charge in [-0.15, -0.1) is 0 Å². The monoisotopic (exact) mass is 276 g/mol. The lowest BCUT2D eigenvalue weighted by molar-refractivity contribution is -0.131. The zero-order valence-corrected chi connectivity index (χ0v) is 11.8. The van der Waals surface area contributed by atoms with Crippen molar-refractivity contribution in [3.63, 3.8) is 0 Å². The van der Waals surface area contributed by atoms with Crippen molar-refractivity contribution < 1.29 is 9.18 Å². The van der Waals surface area contributed by atoms with Gasteiger partial charge in [0, 0.05) is 12.6 Å². The molecule has 0 aromatic heterocycles. The van der Waals surface area contributed by atoms with E-state index < -0.39 is 0 Å². The van der Waals surface area contributed by atoms with E-state index in [0.717, 1.165) is 18.5 Å². The maximum Gasteiger partial charge on any atom is 0.237 e. The molecule has 4 heteroatoms. The number of benzene rings is 1. The molecule has 1 amide bonds. The molecule has 1 aliphatic carbocycles. The van der Waals surface area contributed by atoms with E-state index in [9.17, 15) is 9.18 Å². The van der Waals surface area contributed by atoms with Crippen LogP contribution in [0, 0.1) is 11.7 Å². The Labute approximate surface area is 119 Å². The highest BCUT2D eigenvalue weighted by atomic mass is 19.1. The third-order valence-corrected chi connectivity index (χ3v) is 4.33. The quantitative estimate of drug-likeness (QED) is 0.916. The summed E-state index contributed by atoms with van der Waals surface area (Å²) in [6.45, 7) is 3.31. The number of hydrogen-bond donors (Lipinski definition) is 1. The Morgan fingerprint density at radius 3 is 2.90 bits per heavy atom. The summed E-state index contributed by atoms with van der Waals surface area (Å²) in [5.74, 6) is 0.280. The summed E-state index contributed by atoms with van der Waals surface area (Å²) in [6.07, 6.45) is 3.34. The van der Waals surface area contributed by atoms with Crippen LogP contribution in [0.1, 0.15) is 37.8 Å². The minimum Gasteiger partial charge on any atom is -0.334 e. The number of carbonyl (C=O) groups excluding carboxylic acids is 1. The van der Waals surface area contributed by atoms with Gasteiger partial charge in [0.1, 0.15) is 5.82 Å². The van der Waals surface area contributed by atoms with E-state index in [1.54, 1.807) is 12.1 Å². The first-order valence-electron chi connectivity index (χ1n) is 7.43. The van der Waals surface area contributed by atoms with Crippen molar-refractivity contribution in [2.45, 2.75) is 38.3 Å². The summed E-state index contributed by atoms with van der Waals surface area (Å²) in [6, 6.07) is 7.20. The molecule has 2 aliphatic rings. The second-order valence-corrected chi connectivity index (χ2v) is 6.01. The number of halogens is 1. The average Bonchev–Trinajstić information content (AvgIpc) is 3.17. The normalized spacial score (nSPS) is 26.0. The molecule has 1 saturated heterocycles. The summed E-state index contributed by atoms with van der Waals surface area (Å²) < 4.78 is 13.4. The number of rotatable bonds is 4. The van der Waals surface area contributed by atoms with Crippen LogP contribution in [0.3, 0.4) is 0 Å². The predicted molar refractivity (Wildman–Crippen MR) is 75.7 cm³/mol. The first-order chi connectivity index (χ1) is 9.65. The molecule has 1 heterocycles. The second kappa shape index (κ2) is 5.52. The van der Waals surface area contributed by atoms with Crippen LogP contribution in [0.5, 0.6) is 0 Å². The molecule has 1 aliphatic heterocycles. The van der Waals surface area contributed by atoms with Crippen LogP contribution in [0.2, 0.25) is 0 Å². The zero-order valence-electron chi connectivity index (χ0n) is 11.8. The molecule has 1 aromatic rings. The summed E-state index contributed by atoms with van der Waals surface area (Å²) in [4.78, 5) is 14.3. The molecular formula is C16H21FN2O. The molecule has 2 fully saturated rings. The minimum atomic E-state index is -0.231. The Kier molecular flexibility index (Phi) is 3.74. The van der Waals surface area contributed by atoms with E-state index in [0.29, 0.717) is 18.5 Å². The summed E-state index contributed by atoms with van der Waals surface area (Å²) >= 11 is 0. The van der Waals surface area contributed by atoms with Crippen LogP contribution in [0.15, 0.2) is 24.3 Å². The fourth-order valence-corrected chi connectivity index (χ4v) is 3.05. The molecule has 3 nitrogen and oxygen atoms in total. The molecule has 1 saturated carbocycles. The van der Waals surface area contributed by atoms with Gasteiger partial charge >= 0.3 is 0 Å². The smallest absolute Gasteiger partial charge is 0.237 e. The fourth-order valence-electron chi connectivity index (χ4n) is 3.05. The van der Waals surface area contributed by atoms with Crippen molar-refractivity contribution in [3.8, 4) is 0 Å². The zero-order chi connectivity index (χ0) is 14.1. The van der Waals surface area contributed by atoms with Gasteiger partial charge in [0.25, 0.3) is 0 Å². The van der Waals surface area contributed by atoms with Crippen molar-refractivity contribution in [2.24, 2.45) is 5.92 Å². The van der Waals surface area contributed by atoms with Gasteiger partial charge in [0.2, 0.25) is 5.91 Å². The maximum atomic E-state index is 13.4. The van der Waals surface area contributed by atoms with E-state index >= 15 is 0 Å². The Balaban J connectivity index is 1.73. The van der Waals surface area contributed by atoms with E-state index in [-0.39, 0.29) is 17.8 Å². The Bertz CT molecular complexity index is 501. The van der Waals surface area contributed by atoms with E-state index in [2.05, 4.69) is 12.2 Å². The van der Waals surface area contributed by atoms with Gasteiger partial charge in [0.05, 0.1) is 12.6 Å². The van der Waals surface area contributed by atoms with Crippen LogP contribution in [-0.4, -0.2) is 29.9 Å². The van der Waals surface area contributed by atoms with E-state index in [4.69, 9.17) is 0 Å². The molecule has 0 bridgehead atoms. The number of amides is 1. The first kappa shape index (κ1) is 13.6. The Morgan fingerprint density at radius 1 is 1.40 bits per heavy atom. The number of hydrogen-bond acceptors (Lipinski definition) is 2. The summed E-state index contributed by atoms with van der Waals surface area (Å²) in [5.41, 5.74) is 0.912. The number of nitrogens with one attached hydrogen (secondary N) is 1. The lowest BCUT2D eigenvalue weighted by atomic mass is 9.95. The third-order valence-electron chi connectivity index (χ3n) is 4.33. The molecule has 108 valence electrons. The Morgan fingerprint density at radius 2 is 2.20 bits per heavy atom. The second-order valence-electron chi connectivity index (χ2n) is 6.01. The van der Waals surface area contributed by atoms with Crippen molar-refractivity contribution >= 4 is 5.91 Å². The van der Waals surface area contributed by atoms with Crippen molar-refractivity contribution in [1.82, 2.24) is 10.2 Å². The third kappa shape index (κ3) is 2.85. The van der Waals surface area contributed by atoms with Crippen LogP contribution in [0.4, 0.5) is 4.39 Å². The molecular weight excluding hydrogens is 255 g/mol. The van der Waals surface area contributed by atoms with Crippen LogP contribution < -0.4 is 5.32 Å². The first-order valence-corrected chi connectivity index (χ1v) is 7.43. The number of carbonyl (C=O) groups is 1. The summed E-state index contributed by atoms with van der Waals surface area (Å²) in [5, 5.41) is 3.27. The molecule has 1 N–H and O–H groups in total. The van der Waals surface area contributed by atoms with Gasteiger partial charge in [-0.05, 0) is 42.9 Å².